The van der Waals surface area contributed by atoms with Crippen LogP contribution in [0.1, 0.15) is 44.8 Å². The maximum absolute atomic E-state index is 13.3. The Morgan fingerprint density at radius 1 is 1.08 bits per heavy atom. The first-order valence-electron chi connectivity index (χ1n) is 12.9. The lowest BCUT2D eigenvalue weighted by Crippen LogP contribution is -2.42. The van der Waals surface area contributed by atoms with E-state index in [1.165, 1.54) is 12.1 Å². The Morgan fingerprint density at radius 3 is 2.62 bits per heavy atom. The number of hydrogen-bond donors (Lipinski definition) is 3. The Morgan fingerprint density at radius 2 is 1.90 bits per heavy atom. The summed E-state index contributed by atoms with van der Waals surface area (Å²) in [6.07, 6.45) is 5.84. The summed E-state index contributed by atoms with van der Waals surface area (Å²) in [5.74, 6) is -0.333. The molecule has 4 N–H and O–H groups in total. The number of carbonyl (C=O) groups is 2. The zero-order valence-electron chi connectivity index (χ0n) is 21.7. The summed E-state index contributed by atoms with van der Waals surface area (Å²) in [5.41, 5.74) is 10.4. The average molecular weight is 526 g/mol. The SMILES string of the molecule is Cc1cn(-c2cc(CN3CCCC(N)C3)cc(NC(=O)c3cccc(Oc4ccc(C(=O)O)cc4)c3)c2)cn1. The molecule has 200 valence electrons. The van der Waals surface area contributed by atoms with Crippen molar-refractivity contribution in [3.63, 3.8) is 0 Å². The predicted molar refractivity (Wildman–Crippen MR) is 149 cm³/mol. The van der Waals surface area contributed by atoms with E-state index >= 15 is 0 Å². The van der Waals surface area contributed by atoms with Gasteiger partial charge in [0.05, 0.1) is 17.6 Å². The zero-order chi connectivity index (χ0) is 27.4. The van der Waals surface area contributed by atoms with E-state index in [1.807, 2.05) is 29.8 Å². The van der Waals surface area contributed by atoms with Gasteiger partial charge in [0, 0.05) is 42.3 Å². The maximum Gasteiger partial charge on any atom is 0.335 e. The van der Waals surface area contributed by atoms with Crippen molar-refractivity contribution in [1.29, 1.82) is 0 Å². The number of nitrogens with one attached hydrogen (secondary N) is 1. The molecule has 4 aromatic rings. The van der Waals surface area contributed by atoms with Crippen LogP contribution in [0.3, 0.4) is 0 Å². The highest BCUT2D eigenvalue weighted by Gasteiger charge is 2.18. The fraction of sp³-hybridized carbons (Fsp3) is 0.233. The molecule has 3 aromatic carbocycles. The third-order valence-electron chi connectivity index (χ3n) is 6.63. The van der Waals surface area contributed by atoms with Gasteiger partial charge < -0.3 is 25.5 Å². The highest BCUT2D eigenvalue weighted by atomic mass is 16.5. The molecular weight excluding hydrogens is 494 g/mol. The third kappa shape index (κ3) is 6.70. The maximum atomic E-state index is 13.3. The van der Waals surface area contributed by atoms with Crippen LogP contribution in [-0.2, 0) is 6.54 Å². The van der Waals surface area contributed by atoms with Gasteiger partial charge >= 0.3 is 5.97 Å². The first-order chi connectivity index (χ1) is 18.8. The number of carbonyl (C=O) groups excluding carboxylic acids is 1. The standard InChI is InChI=1S/C30H31N5O4/c1-20-16-35(19-32-20)26-13-21(17-34-11-3-5-24(31)18-34)12-25(15-26)33-29(36)23-4-2-6-28(14-23)39-27-9-7-22(8-10-27)30(37)38/h2,4,6-10,12-16,19,24H,3,5,11,17-18,31H2,1H3,(H,33,36)(H,37,38). The van der Waals surface area contributed by atoms with Crippen molar-refractivity contribution in [3.05, 3.63) is 102 Å². The highest BCUT2D eigenvalue weighted by molar-refractivity contribution is 6.04. The summed E-state index contributed by atoms with van der Waals surface area (Å²) < 4.78 is 7.79. The summed E-state index contributed by atoms with van der Waals surface area (Å²) in [6, 6.07) is 19.2. The molecule has 0 saturated carbocycles. The monoisotopic (exact) mass is 525 g/mol. The van der Waals surface area contributed by atoms with Crippen molar-refractivity contribution < 1.29 is 19.4 Å². The molecule has 1 unspecified atom stereocenters. The first kappa shape index (κ1) is 26.1. The van der Waals surface area contributed by atoms with E-state index in [9.17, 15) is 9.59 Å². The number of likely N-dealkylation sites (tertiary alicyclic amines) is 1. The molecular formula is C30H31N5O4. The molecule has 1 saturated heterocycles. The number of carboxylic acid groups (broad SMARTS) is 1. The van der Waals surface area contributed by atoms with Gasteiger partial charge in [0.25, 0.3) is 5.91 Å². The van der Waals surface area contributed by atoms with E-state index < -0.39 is 5.97 Å². The number of aryl methyl sites for hydroxylation is 1. The van der Waals surface area contributed by atoms with E-state index in [2.05, 4.69) is 21.3 Å². The molecule has 0 bridgehead atoms. The van der Waals surface area contributed by atoms with Gasteiger partial charge in [0.2, 0.25) is 0 Å². The number of ether oxygens (including phenoxy) is 1. The third-order valence-corrected chi connectivity index (χ3v) is 6.63. The molecule has 1 amide bonds. The number of aromatic nitrogens is 2. The van der Waals surface area contributed by atoms with Crippen LogP contribution in [0.25, 0.3) is 5.69 Å². The minimum Gasteiger partial charge on any atom is -0.478 e. The Bertz CT molecular complexity index is 1480. The van der Waals surface area contributed by atoms with Crippen molar-refractivity contribution in [2.45, 2.75) is 32.4 Å². The molecule has 39 heavy (non-hydrogen) atoms. The lowest BCUT2D eigenvalue weighted by Gasteiger charge is -2.30. The molecule has 9 nitrogen and oxygen atoms in total. The fourth-order valence-corrected chi connectivity index (χ4v) is 4.75. The van der Waals surface area contributed by atoms with Crippen molar-refractivity contribution in [2.75, 3.05) is 18.4 Å². The van der Waals surface area contributed by atoms with E-state index in [0.717, 1.165) is 49.4 Å². The van der Waals surface area contributed by atoms with Crippen LogP contribution in [0.2, 0.25) is 0 Å². The number of hydrogen-bond acceptors (Lipinski definition) is 6. The summed E-state index contributed by atoms with van der Waals surface area (Å²) >= 11 is 0. The minimum absolute atomic E-state index is 0.172. The number of anilines is 1. The van der Waals surface area contributed by atoms with Gasteiger partial charge in [-0.15, -0.1) is 0 Å². The van der Waals surface area contributed by atoms with Gasteiger partial charge in [0.15, 0.2) is 0 Å². The van der Waals surface area contributed by atoms with Crippen molar-refractivity contribution in [1.82, 2.24) is 14.5 Å². The number of carboxylic acids is 1. The van der Waals surface area contributed by atoms with Gasteiger partial charge in [0.1, 0.15) is 11.5 Å². The molecule has 0 aliphatic carbocycles. The van der Waals surface area contributed by atoms with Crippen molar-refractivity contribution >= 4 is 17.6 Å². The number of nitrogens with two attached hydrogens (primary N) is 1. The number of aromatic carboxylic acids is 1. The molecule has 9 heteroatoms. The number of rotatable bonds is 8. The lowest BCUT2D eigenvalue weighted by atomic mass is 10.1. The summed E-state index contributed by atoms with van der Waals surface area (Å²) in [4.78, 5) is 31.0. The molecule has 0 radical (unpaired) electrons. The Kier molecular flexibility index (Phi) is 7.72. The van der Waals surface area contributed by atoms with Crippen LogP contribution < -0.4 is 15.8 Å². The van der Waals surface area contributed by atoms with Gasteiger partial charge in [-0.05, 0) is 92.5 Å². The summed E-state index contributed by atoms with van der Waals surface area (Å²) in [7, 11) is 0. The molecule has 2 heterocycles. The van der Waals surface area contributed by atoms with Crippen LogP contribution >= 0.6 is 0 Å². The fourth-order valence-electron chi connectivity index (χ4n) is 4.75. The quantitative estimate of drug-likeness (QED) is 0.301. The van der Waals surface area contributed by atoms with E-state index in [0.29, 0.717) is 22.7 Å². The normalized spacial score (nSPS) is 15.6. The van der Waals surface area contributed by atoms with Crippen LogP contribution in [-0.4, -0.2) is 50.6 Å². The molecule has 1 aliphatic rings. The molecule has 1 aliphatic heterocycles. The van der Waals surface area contributed by atoms with E-state index in [4.69, 9.17) is 15.6 Å². The average Bonchev–Trinajstić information content (AvgIpc) is 3.35. The minimum atomic E-state index is -1.00. The second-order valence-corrected chi connectivity index (χ2v) is 9.86. The van der Waals surface area contributed by atoms with Crippen molar-refractivity contribution in [2.24, 2.45) is 5.73 Å². The van der Waals surface area contributed by atoms with Crippen LogP contribution in [0.5, 0.6) is 11.5 Å². The topological polar surface area (TPSA) is 123 Å². The lowest BCUT2D eigenvalue weighted by molar-refractivity contribution is 0.0696. The number of piperidine rings is 1. The van der Waals surface area contributed by atoms with Gasteiger partial charge in [-0.2, -0.15) is 0 Å². The number of imidazole rings is 1. The van der Waals surface area contributed by atoms with Gasteiger partial charge in [-0.3, -0.25) is 9.69 Å². The second-order valence-electron chi connectivity index (χ2n) is 9.86. The summed E-state index contributed by atoms with van der Waals surface area (Å²) in [6.45, 7) is 4.52. The molecule has 5 rings (SSSR count). The molecule has 1 fully saturated rings. The highest BCUT2D eigenvalue weighted by Crippen LogP contribution is 2.25. The van der Waals surface area contributed by atoms with Gasteiger partial charge in [-0.1, -0.05) is 6.07 Å². The van der Waals surface area contributed by atoms with E-state index in [1.54, 1.807) is 42.7 Å². The smallest absolute Gasteiger partial charge is 0.335 e. The molecule has 1 atom stereocenters. The number of nitrogens with zero attached hydrogens (tertiary/aromatic N) is 3. The largest absolute Gasteiger partial charge is 0.478 e. The van der Waals surface area contributed by atoms with Crippen LogP contribution in [0, 0.1) is 6.92 Å². The number of benzene rings is 3. The van der Waals surface area contributed by atoms with Crippen molar-refractivity contribution in [3.8, 4) is 17.2 Å². The predicted octanol–water partition coefficient (Wildman–Crippen LogP) is 4.85. The zero-order valence-corrected chi connectivity index (χ0v) is 21.7. The summed E-state index contributed by atoms with van der Waals surface area (Å²) in [5, 5.41) is 12.1. The van der Waals surface area contributed by atoms with Crippen LogP contribution in [0.4, 0.5) is 5.69 Å². The molecule has 0 spiro atoms. The Labute approximate surface area is 226 Å². The first-order valence-corrected chi connectivity index (χ1v) is 12.9. The van der Waals surface area contributed by atoms with Crippen LogP contribution in [0.15, 0.2) is 79.3 Å². The van der Waals surface area contributed by atoms with Gasteiger partial charge in [-0.25, -0.2) is 9.78 Å². The number of amides is 1. The molecule has 1 aromatic heterocycles. The Balaban J connectivity index is 1.35. The van der Waals surface area contributed by atoms with E-state index in [-0.39, 0.29) is 17.5 Å². The Hall–Kier alpha value is -4.47. The second kappa shape index (κ2) is 11.5.